The fourth-order valence-corrected chi connectivity index (χ4v) is 6.23. The fourth-order valence-electron chi connectivity index (χ4n) is 5.48. The lowest BCUT2D eigenvalue weighted by Gasteiger charge is -2.20. The summed E-state index contributed by atoms with van der Waals surface area (Å²) in [5.74, 6) is -0.939. The number of non-ortho nitro benzene ring substituents is 1. The van der Waals surface area contributed by atoms with Crippen LogP contribution in [0.3, 0.4) is 0 Å². The standard InChI is InChI=1S/C35H59N4O11P/c1-3-5-7-9-11-13-15-17-19-21-32(40)46-27-29(49-33(41)22-20-18-16-14-12-10-8-6-4-2)28-48-51(44,45)47-26-25-36-30-23-24-31(39(42)43)35-34(30)37-50-38-35/h23-24,29,36H,3-22,25-28H2,1-2H3,(H,44,45)/t29-/m1/s1. The van der Waals surface area contributed by atoms with Gasteiger partial charge in [0, 0.05) is 25.5 Å². The quantitative estimate of drug-likeness (QED) is 0.0236. The Labute approximate surface area is 301 Å². The molecule has 0 aliphatic carbocycles. The molecule has 16 heteroatoms. The highest BCUT2D eigenvalue weighted by Crippen LogP contribution is 2.43. The van der Waals surface area contributed by atoms with Gasteiger partial charge in [-0.15, -0.1) is 0 Å². The molecule has 1 unspecified atom stereocenters. The molecule has 2 aromatic rings. The molecule has 0 aliphatic heterocycles. The van der Waals surface area contributed by atoms with Gasteiger partial charge in [0.25, 0.3) is 0 Å². The molecule has 0 saturated heterocycles. The van der Waals surface area contributed by atoms with Gasteiger partial charge in [0.05, 0.1) is 23.8 Å². The number of hydrogen-bond donors (Lipinski definition) is 2. The zero-order valence-electron chi connectivity index (χ0n) is 30.5. The van der Waals surface area contributed by atoms with Gasteiger partial charge in [-0.3, -0.25) is 28.8 Å². The predicted molar refractivity (Wildman–Crippen MR) is 193 cm³/mol. The number of nitro groups is 1. The highest BCUT2D eigenvalue weighted by molar-refractivity contribution is 7.47. The number of nitrogens with one attached hydrogen (secondary N) is 1. The first-order valence-electron chi connectivity index (χ1n) is 18.8. The van der Waals surface area contributed by atoms with Crippen molar-refractivity contribution in [2.24, 2.45) is 0 Å². The summed E-state index contributed by atoms with van der Waals surface area (Å²) >= 11 is 0. The maximum atomic E-state index is 12.6. The molecular weight excluding hydrogens is 683 g/mol. The van der Waals surface area contributed by atoms with E-state index >= 15 is 0 Å². The Kier molecular flexibility index (Phi) is 23.0. The Bertz CT molecular complexity index is 1330. The van der Waals surface area contributed by atoms with Crippen LogP contribution in [0.2, 0.25) is 0 Å². The number of fused-ring (bicyclic) bond motifs is 1. The maximum absolute atomic E-state index is 12.6. The zero-order chi connectivity index (χ0) is 37.2. The number of carbonyl (C=O) groups excluding carboxylic acids is 2. The number of carbonyl (C=O) groups is 2. The highest BCUT2D eigenvalue weighted by atomic mass is 31.2. The van der Waals surface area contributed by atoms with Crippen LogP contribution < -0.4 is 5.32 Å². The van der Waals surface area contributed by atoms with Crippen molar-refractivity contribution in [3.63, 3.8) is 0 Å². The van der Waals surface area contributed by atoms with E-state index in [-0.39, 0.29) is 49.3 Å². The Morgan fingerprint density at radius 3 is 1.90 bits per heavy atom. The maximum Gasteiger partial charge on any atom is 0.472 e. The largest absolute Gasteiger partial charge is 0.472 e. The third-order valence-electron chi connectivity index (χ3n) is 8.38. The van der Waals surface area contributed by atoms with Crippen LogP contribution in [-0.4, -0.2) is 64.5 Å². The molecular formula is C35H59N4O11P. The van der Waals surface area contributed by atoms with Gasteiger partial charge in [0.1, 0.15) is 6.61 Å². The second-order valence-electron chi connectivity index (χ2n) is 12.8. The summed E-state index contributed by atoms with van der Waals surface area (Å²) in [6.07, 6.45) is 19.2. The lowest BCUT2D eigenvalue weighted by Crippen LogP contribution is -2.29. The molecule has 0 radical (unpaired) electrons. The number of phosphoric ester groups is 1. The topological polar surface area (TPSA) is 202 Å². The molecule has 1 aromatic carbocycles. The van der Waals surface area contributed by atoms with Crippen LogP contribution in [0.5, 0.6) is 0 Å². The number of phosphoric acid groups is 1. The van der Waals surface area contributed by atoms with Crippen LogP contribution in [0.15, 0.2) is 16.8 Å². The zero-order valence-corrected chi connectivity index (χ0v) is 31.4. The number of aromatic nitrogens is 2. The number of esters is 2. The van der Waals surface area contributed by atoms with Gasteiger partial charge in [-0.25, -0.2) is 9.19 Å². The third kappa shape index (κ3) is 19.9. The molecule has 1 aromatic heterocycles. The van der Waals surface area contributed by atoms with Crippen LogP contribution in [0.25, 0.3) is 11.0 Å². The Balaban J connectivity index is 1.78. The van der Waals surface area contributed by atoms with Crippen LogP contribution in [0.1, 0.15) is 142 Å². The number of unbranched alkanes of at least 4 members (excludes halogenated alkanes) is 16. The molecule has 0 spiro atoms. The second-order valence-corrected chi connectivity index (χ2v) is 14.3. The van der Waals surface area contributed by atoms with E-state index in [0.717, 1.165) is 38.5 Å². The van der Waals surface area contributed by atoms with Crippen molar-refractivity contribution >= 4 is 42.2 Å². The molecule has 0 amide bonds. The summed E-state index contributed by atoms with van der Waals surface area (Å²) in [4.78, 5) is 45.9. The van der Waals surface area contributed by atoms with Gasteiger partial charge in [-0.05, 0) is 29.2 Å². The molecule has 2 atom stereocenters. The van der Waals surface area contributed by atoms with Crippen molar-refractivity contribution in [3.05, 3.63) is 22.2 Å². The van der Waals surface area contributed by atoms with Crippen LogP contribution >= 0.6 is 7.82 Å². The van der Waals surface area contributed by atoms with E-state index < -0.39 is 37.4 Å². The van der Waals surface area contributed by atoms with Crippen molar-refractivity contribution in [3.8, 4) is 0 Å². The van der Waals surface area contributed by atoms with Gasteiger partial charge < -0.3 is 19.7 Å². The summed E-state index contributed by atoms with van der Waals surface area (Å²) < 4.78 is 38.3. The Morgan fingerprint density at radius 2 is 1.33 bits per heavy atom. The molecule has 15 nitrogen and oxygen atoms in total. The average molecular weight is 743 g/mol. The molecule has 0 aliphatic rings. The van der Waals surface area contributed by atoms with Gasteiger partial charge in [0.2, 0.25) is 5.52 Å². The SMILES string of the molecule is CCCCCCCCCCCC(=O)OC[C@H](COP(=O)(O)OCCNc1ccc([N+](=O)[O-])c2nonc12)OC(=O)CCCCCCCCCCC. The monoisotopic (exact) mass is 742 g/mol. The molecule has 290 valence electrons. The van der Waals surface area contributed by atoms with Crippen molar-refractivity contribution in [1.82, 2.24) is 10.3 Å². The van der Waals surface area contributed by atoms with Crippen molar-refractivity contribution in [2.75, 3.05) is 31.7 Å². The number of nitro benzene ring substituents is 1. The minimum atomic E-state index is -4.61. The van der Waals surface area contributed by atoms with Crippen molar-refractivity contribution in [2.45, 2.75) is 148 Å². The lowest BCUT2D eigenvalue weighted by molar-refractivity contribution is -0.383. The normalized spacial score (nSPS) is 13.2. The molecule has 1 heterocycles. The number of anilines is 1. The smallest absolute Gasteiger partial charge is 0.462 e. The summed E-state index contributed by atoms with van der Waals surface area (Å²) in [7, 11) is -4.61. The summed E-state index contributed by atoms with van der Waals surface area (Å²) in [5, 5.41) is 21.3. The minimum Gasteiger partial charge on any atom is -0.462 e. The molecule has 51 heavy (non-hydrogen) atoms. The Hall–Kier alpha value is -3.13. The third-order valence-corrected chi connectivity index (χ3v) is 9.37. The van der Waals surface area contributed by atoms with Crippen LogP contribution in [-0.2, 0) is 32.7 Å². The first-order chi connectivity index (χ1) is 24.7. The van der Waals surface area contributed by atoms with E-state index in [4.69, 9.17) is 18.5 Å². The van der Waals surface area contributed by atoms with Crippen molar-refractivity contribution in [1.29, 1.82) is 0 Å². The van der Waals surface area contributed by atoms with Gasteiger partial charge in [-0.1, -0.05) is 117 Å². The van der Waals surface area contributed by atoms with Crippen LogP contribution in [0.4, 0.5) is 11.4 Å². The molecule has 0 saturated carbocycles. The molecule has 2 N–H and O–H groups in total. The van der Waals surface area contributed by atoms with E-state index in [1.165, 1.54) is 76.3 Å². The predicted octanol–water partition coefficient (Wildman–Crippen LogP) is 8.97. The van der Waals surface area contributed by atoms with E-state index in [0.29, 0.717) is 18.5 Å². The minimum absolute atomic E-state index is 0.00130. The molecule has 0 fully saturated rings. The van der Waals surface area contributed by atoms with Crippen molar-refractivity contribution < 1.29 is 47.1 Å². The lowest BCUT2D eigenvalue weighted by atomic mass is 10.1. The fraction of sp³-hybridized carbons (Fsp3) is 0.771. The van der Waals surface area contributed by atoms with E-state index in [9.17, 15) is 29.2 Å². The first kappa shape index (κ1) is 44.0. The summed E-state index contributed by atoms with van der Waals surface area (Å²) in [6, 6.07) is 2.64. The van der Waals surface area contributed by atoms with Crippen LogP contribution in [0, 0.1) is 10.1 Å². The first-order valence-corrected chi connectivity index (χ1v) is 20.3. The highest BCUT2D eigenvalue weighted by Gasteiger charge is 2.26. The number of nitrogens with zero attached hydrogens (tertiary/aromatic N) is 3. The Morgan fingerprint density at radius 1 is 0.804 bits per heavy atom. The second kappa shape index (κ2) is 26.6. The molecule has 0 bridgehead atoms. The van der Waals surface area contributed by atoms with E-state index in [1.807, 2.05) is 0 Å². The van der Waals surface area contributed by atoms with Gasteiger partial charge in [-0.2, -0.15) is 0 Å². The summed E-state index contributed by atoms with van der Waals surface area (Å²) in [6.45, 7) is 3.25. The van der Waals surface area contributed by atoms with Gasteiger partial charge in [0.15, 0.2) is 11.6 Å². The van der Waals surface area contributed by atoms with E-state index in [1.54, 1.807) is 0 Å². The summed E-state index contributed by atoms with van der Waals surface area (Å²) in [5.41, 5.74) is 0.137. The number of ether oxygens (including phenoxy) is 2. The van der Waals surface area contributed by atoms with E-state index in [2.05, 4.69) is 34.1 Å². The number of hydrogen-bond acceptors (Lipinski definition) is 13. The number of rotatable bonds is 32. The molecule has 2 rings (SSSR count). The number of benzene rings is 1. The average Bonchev–Trinajstić information content (AvgIpc) is 3.60. The van der Waals surface area contributed by atoms with Gasteiger partial charge >= 0.3 is 25.4 Å².